The van der Waals surface area contributed by atoms with Crippen LogP contribution in [0.4, 0.5) is 0 Å². The second-order valence-electron chi connectivity index (χ2n) is 3.18. The van der Waals surface area contributed by atoms with Gasteiger partial charge in [-0.15, -0.1) is 0 Å². The lowest BCUT2D eigenvalue weighted by Crippen LogP contribution is -2.27. The van der Waals surface area contributed by atoms with Crippen molar-refractivity contribution >= 4 is 25.0 Å². The number of nitrogens with zero attached hydrogens (tertiary/aromatic N) is 2. The van der Waals surface area contributed by atoms with Gasteiger partial charge in [-0.2, -0.15) is 0 Å². The molecule has 0 aliphatic carbocycles. The molecule has 1 aliphatic rings. The lowest BCUT2D eigenvalue weighted by atomic mass is 10.2. The molecule has 1 saturated heterocycles. The molecule has 1 fully saturated rings. The fraction of sp³-hybridized carbons (Fsp3) is 0.778. The summed E-state index contributed by atoms with van der Waals surface area (Å²) in [5.74, 6) is 0. The molecule has 0 bridgehead atoms. The summed E-state index contributed by atoms with van der Waals surface area (Å²) in [5.41, 5.74) is 0. The molecule has 0 aromatic heterocycles. The Kier molecular flexibility index (Phi) is 5.08. The highest BCUT2D eigenvalue weighted by atomic mass is 32.2. The number of rotatable bonds is 5. The van der Waals surface area contributed by atoms with Crippen LogP contribution in [0.3, 0.4) is 0 Å². The lowest BCUT2D eigenvalue weighted by Gasteiger charge is -2.26. The number of hydrogen-bond acceptors (Lipinski definition) is 4. The van der Waals surface area contributed by atoms with Crippen LogP contribution in [0, 0.1) is 0 Å². The molecule has 0 saturated carbocycles. The monoisotopic (exact) mass is 200 g/mol. The minimum Gasteiger partial charge on any atom is -0.302 e. The van der Waals surface area contributed by atoms with Gasteiger partial charge in [0.15, 0.2) is 0 Å². The summed E-state index contributed by atoms with van der Waals surface area (Å²) in [6, 6.07) is 0. The van der Waals surface area contributed by atoms with E-state index < -0.39 is 0 Å². The van der Waals surface area contributed by atoms with Crippen LogP contribution in [-0.4, -0.2) is 42.2 Å². The van der Waals surface area contributed by atoms with Gasteiger partial charge in [0, 0.05) is 13.1 Å². The molecular formula is C9H16N2OS. The number of aldehydes is 1. The van der Waals surface area contributed by atoms with Gasteiger partial charge in [0.2, 0.25) is 0 Å². The van der Waals surface area contributed by atoms with Crippen molar-refractivity contribution in [3.63, 3.8) is 0 Å². The normalized spacial score (nSPS) is 20.9. The molecule has 1 aliphatic heterocycles. The number of piperidine rings is 1. The molecule has 0 N–H and O–H groups in total. The molecule has 0 amide bonds. The number of aliphatic imine (C=N–C) groups is 1. The van der Waals surface area contributed by atoms with Crippen LogP contribution < -0.4 is 0 Å². The first kappa shape index (κ1) is 10.7. The van der Waals surface area contributed by atoms with Crippen molar-refractivity contribution in [2.24, 2.45) is 4.99 Å². The maximum Gasteiger partial charge on any atom is 0.136 e. The molecule has 0 aromatic carbocycles. The van der Waals surface area contributed by atoms with Gasteiger partial charge >= 0.3 is 0 Å². The summed E-state index contributed by atoms with van der Waals surface area (Å²) in [4.78, 5) is 14.4. The summed E-state index contributed by atoms with van der Waals surface area (Å²) in [5, 5.41) is -0.0319. The molecule has 0 aromatic rings. The molecule has 1 heterocycles. The zero-order valence-electron chi connectivity index (χ0n) is 7.82. The van der Waals surface area contributed by atoms with Crippen LogP contribution in [0.1, 0.15) is 19.3 Å². The first-order valence-electron chi connectivity index (χ1n) is 4.66. The third-order valence-electron chi connectivity index (χ3n) is 2.06. The average Bonchev–Trinajstić information content (AvgIpc) is 2.19. The van der Waals surface area contributed by atoms with Gasteiger partial charge in [-0.05, 0) is 19.6 Å². The Bertz CT molecular complexity index is 169. The smallest absolute Gasteiger partial charge is 0.136 e. The van der Waals surface area contributed by atoms with Crippen LogP contribution in [0.5, 0.6) is 0 Å². The lowest BCUT2D eigenvalue weighted by molar-refractivity contribution is -0.107. The highest BCUT2D eigenvalue weighted by Crippen LogP contribution is 2.21. The third-order valence-corrected chi connectivity index (χ3v) is 3.25. The van der Waals surface area contributed by atoms with Crippen molar-refractivity contribution in [1.29, 1.82) is 0 Å². The Morgan fingerprint density at radius 2 is 2.15 bits per heavy atom. The molecule has 0 unspecified atom stereocenters. The molecule has 3 nitrogen and oxygen atoms in total. The predicted octanol–water partition coefficient (Wildman–Crippen LogP) is 1.39. The largest absolute Gasteiger partial charge is 0.302 e. The molecule has 0 radical (unpaired) electrons. The van der Waals surface area contributed by atoms with E-state index in [2.05, 4.69) is 16.0 Å². The number of carbonyl (C=O) groups is 1. The van der Waals surface area contributed by atoms with E-state index in [1.807, 2.05) is 0 Å². The standard InChI is InChI=1S/C9H16N2OS/c1-10-7-9(8-12)13-11-5-3-2-4-6-11/h8-9H,1-7H2/t9-/m0/s1. The van der Waals surface area contributed by atoms with E-state index >= 15 is 0 Å². The maximum absolute atomic E-state index is 10.6. The minimum absolute atomic E-state index is 0.0319. The van der Waals surface area contributed by atoms with Crippen LogP contribution in [0.15, 0.2) is 4.99 Å². The van der Waals surface area contributed by atoms with Gasteiger partial charge in [-0.3, -0.25) is 4.99 Å². The van der Waals surface area contributed by atoms with E-state index in [1.165, 1.54) is 19.3 Å². The van der Waals surface area contributed by atoms with Crippen molar-refractivity contribution in [2.45, 2.75) is 24.5 Å². The van der Waals surface area contributed by atoms with Crippen molar-refractivity contribution in [3.8, 4) is 0 Å². The number of hydrogen-bond donors (Lipinski definition) is 0. The van der Waals surface area contributed by atoms with Crippen LogP contribution in [0.2, 0.25) is 0 Å². The van der Waals surface area contributed by atoms with Crippen molar-refractivity contribution in [2.75, 3.05) is 19.6 Å². The van der Waals surface area contributed by atoms with Gasteiger partial charge in [0.05, 0.1) is 11.8 Å². The van der Waals surface area contributed by atoms with Crippen molar-refractivity contribution < 1.29 is 4.79 Å². The zero-order valence-corrected chi connectivity index (χ0v) is 8.63. The van der Waals surface area contributed by atoms with Crippen molar-refractivity contribution in [3.05, 3.63) is 0 Å². The van der Waals surface area contributed by atoms with Gasteiger partial charge in [-0.1, -0.05) is 18.4 Å². The molecule has 1 atom stereocenters. The topological polar surface area (TPSA) is 32.7 Å². The fourth-order valence-electron chi connectivity index (χ4n) is 1.39. The molecule has 1 rings (SSSR count). The zero-order chi connectivity index (χ0) is 9.52. The first-order valence-corrected chi connectivity index (χ1v) is 5.50. The summed E-state index contributed by atoms with van der Waals surface area (Å²) in [6.45, 7) is 6.14. The molecule has 0 spiro atoms. The summed E-state index contributed by atoms with van der Waals surface area (Å²) < 4.78 is 2.27. The van der Waals surface area contributed by atoms with Gasteiger partial charge in [-0.25, -0.2) is 4.31 Å². The highest BCUT2D eigenvalue weighted by molar-refractivity contribution is 7.98. The van der Waals surface area contributed by atoms with Crippen LogP contribution in [-0.2, 0) is 4.79 Å². The van der Waals surface area contributed by atoms with Crippen LogP contribution >= 0.6 is 11.9 Å². The summed E-state index contributed by atoms with van der Waals surface area (Å²) in [6.07, 6.45) is 4.79. The van der Waals surface area contributed by atoms with E-state index in [0.717, 1.165) is 19.4 Å². The molecule has 13 heavy (non-hydrogen) atoms. The van der Waals surface area contributed by atoms with E-state index in [4.69, 9.17) is 0 Å². The Hall–Kier alpha value is -0.350. The van der Waals surface area contributed by atoms with Gasteiger partial charge in [0.1, 0.15) is 6.29 Å². The Morgan fingerprint density at radius 1 is 1.46 bits per heavy atom. The third kappa shape index (κ3) is 3.91. The van der Waals surface area contributed by atoms with E-state index in [-0.39, 0.29) is 5.25 Å². The fourth-order valence-corrected chi connectivity index (χ4v) is 2.46. The average molecular weight is 200 g/mol. The quantitative estimate of drug-likeness (QED) is 0.382. The summed E-state index contributed by atoms with van der Waals surface area (Å²) >= 11 is 1.62. The van der Waals surface area contributed by atoms with E-state index in [0.29, 0.717) is 6.54 Å². The number of carbonyl (C=O) groups excluding carboxylic acids is 1. The second kappa shape index (κ2) is 6.16. The predicted molar refractivity (Wildman–Crippen MR) is 57.3 cm³/mol. The second-order valence-corrected chi connectivity index (χ2v) is 4.51. The van der Waals surface area contributed by atoms with Crippen LogP contribution in [0.25, 0.3) is 0 Å². The van der Waals surface area contributed by atoms with Gasteiger partial charge in [0.25, 0.3) is 0 Å². The molecule has 74 valence electrons. The Labute approximate surface area is 83.7 Å². The Balaban J connectivity index is 2.26. The maximum atomic E-state index is 10.6. The van der Waals surface area contributed by atoms with Crippen molar-refractivity contribution in [1.82, 2.24) is 4.31 Å². The SMILES string of the molecule is C=NC[C@@H](C=O)SN1CCCCC1. The molecule has 4 heteroatoms. The Morgan fingerprint density at radius 3 is 2.69 bits per heavy atom. The van der Waals surface area contributed by atoms with Gasteiger partial charge < -0.3 is 4.79 Å². The minimum atomic E-state index is -0.0319. The highest BCUT2D eigenvalue weighted by Gasteiger charge is 2.15. The summed E-state index contributed by atoms with van der Waals surface area (Å²) in [7, 11) is 0. The first-order chi connectivity index (χ1) is 6.36. The molecular weight excluding hydrogens is 184 g/mol. The van der Waals surface area contributed by atoms with E-state index in [1.54, 1.807) is 11.9 Å². The van der Waals surface area contributed by atoms with E-state index in [9.17, 15) is 4.79 Å².